The second-order valence-corrected chi connectivity index (χ2v) is 4.64. The van der Waals surface area contributed by atoms with Crippen molar-refractivity contribution in [3.8, 4) is 11.5 Å². The van der Waals surface area contributed by atoms with Crippen molar-refractivity contribution in [3.05, 3.63) is 23.8 Å². The highest BCUT2D eigenvalue weighted by Gasteiger charge is 2.19. The van der Waals surface area contributed by atoms with Gasteiger partial charge in [-0.25, -0.2) is 4.79 Å². The van der Waals surface area contributed by atoms with Crippen LogP contribution in [0, 0.1) is 0 Å². The molecule has 1 aromatic carbocycles. The molecule has 0 unspecified atom stereocenters. The van der Waals surface area contributed by atoms with Gasteiger partial charge in [-0.05, 0) is 18.2 Å². The maximum absolute atomic E-state index is 12.0. The topological polar surface area (TPSA) is 74.3 Å². The third-order valence-electron chi connectivity index (χ3n) is 3.31. The Hall–Kier alpha value is -2.28. The van der Waals surface area contributed by atoms with Gasteiger partial charge in [0.15, 0.2) is 18.1 Å². The second-order valence-electron chi connectivity index (χ2n) is 4.64. The summed E-state index contributed by atoms with van der Waals surface area (Å²) in [5, 5.41) is 0. The lowest BCUT2D eigenvalue weighted by Crippen LogP contribution is -2.42. The first-order valence-corrected chi connectivity index (χ1v) is 6.90. The molecular formula is C15H19NO6. The average Bonchev–Trinajstić information content (AvgIpc) is 2.59. The Morgan fingerprint density at radius 1 is 1.14 bits per heavy atom. The van der Waals surface area contributed by atoms with Crippen LogP contribution in [-0.2, 0) is 14.3 Å². The minimum Gasteiger partial charge on any atom is -0.493 e. The molecule has 0 bridgehead atoms. The summed E-state index contributed by atoms with van der Waals surface area (Å²) < 4.78 is 20.4. The van der Waals surface area contributed by atoms with E-state index in [0.717, 1.165) is 0 Å². The first kappa shape index (κ1) is 16.1. The van der Waals surface area contributed by atoms with Crippen molar-refractivity contribution in [2.24, 2.45) is 0 Å². The number of carbonyl (C=O) groups excluding carboxylic acids is 2. The molecule has 0 aromatic heterocycles. The summed E-state index contributed by atoms with van der Waals surface area (Å²) in [6, 6.07) is 4.68. The predicted octanol–water partition coefficient (Wildman–Crippen LogP) is 0.719. The summed E-state index contributed by atoms with van der Waals surface area (Å²) in [6.45, 7) is 1.78. The van der Waals surface area contributed by atoms with Crippen molar-refractivity contribution in [3.63, 3.8) is 0 Å². The van der Waals surface area contributed by atoms with Gasteiger partial charge in [-0.3, -0.25) is 4.79 Å². The minimum absolute atomic E-state index is 0.225. The molecule has 1 aliphatic heterocycles. The van der Waals surface area contributed by atoms with E-state index in [9.17, 15) is 9.59 Å². The highest BCUT2D eigenvalue weighted by atomic mass is 16.5. The molecule has 1 aliphatic rings. The molecule has 1 aromatic rings. The van der Waals surface area contributed by atoms with Gasteiger partial charge < -0.3 is 23.8 Å². The van der Waals surface area contributed by atoms with E-state index in [-0.39, 0.29) is 12.5 Å². The molecule has 7 nitrogen and oxygen atoms in total. The molecule has 22 heavy (non-hydrogen) atoms. The number of ether oxygens (including phenoxy) is 4. The van der Waals surface area contributed by atoms with Gasteiger partial charge in [-0.15, -0.1) is 0 Å². The predicted molar refractivity (Wildman–Crippen MR) is 77.2 cm³/mol. The number of esters is 1. The van der Waals surface area contributed by atoms with Crippen LogP contribution in [0.3, 0.4) is 0 Å². The molecule has 120 valence electrons. The van der Waals surface area contributed by atoms with E-state index >= 15 is 0 Å². The molecular weight excluding hydrogens is 290 g/mol. The standard InChI is InChI=1S/C15H19NO6/c1-19-12-4-3-11(9-13(12)20-2)15(18)22-10-14(17)16-5-7-21-8-6-16/h3-4,9H,5-8,10H2,1-2H3. The number of methoxy groups -OCH3 is 2. The van der Waals surface area contributed by atoms with Gasteiger partial charge in [-0.2, -0.15) is 0 Å². The molecule has 1 heterocycles. The first-order valence-electron chi connectivity index (χ1n) is 6.90. The maximum Gasteiger partial charge on any atom is 0.338 e. The number of nitrogens with zero attached hydrogens (tertiary/aromatic N) is 1. The molecule has 7 heteroatoms. The van der Waals surface area contributed by atoms with Crippen molar-refractivity contribution in [1.29, 1.82) is 0 Å². The maximum atomic E-state index is 12.0. The summed E-state index contributed by atoms with van der Waals surface area (Å²) in [4.78, 5) is 25.5. The van der Waals surface area contributed by atoms with E-state index in [2.05, 4.69) is 0 Å². The molecule has 0 radical (unpaired) electrons. The molecule has 0 aliphatic carbocycles. The zero-order chi connectivity index (χ0) is 15.9. The number of amides is 1. The van der Waals surface area contributed by atoms with Crippen LogP contribution in [0.25, 0.3) is 0 Å². The fourth-order valence-corrected chi connectivity index (χ4v) is 2.08. The number of benzene rings is 1. The van der Waals surface area contributed by atoms with E-state index < -0.39 is 5.97 Å². The number of morpholine rings is 1. The summed E-state index contributed by atoms with van der Waals surface area (Å²) in [5.74, 6) is 0.139. The van der Waals surface area contributed by atoms with E-state index in [1.165, 1.54) is 20.3 Å². The Morgan fingerprint density at radius 3 is 2.45 bits per heavy atom. The Bertz CT molecular complexity index is 539. The number of carbonyl (C=O) groups is 2. The number of rotatable bonds is 5. The van der Waals surface area contributed by atoms with Gasteiger partial charge >= 0.3 is 5.97 Å². The third-order valence-corrected chi connectivity index (χ3v) is 3.31. The van der Waals surface area contributed by atoms with Crippen LogP contribution in [0.5, 0.6) is 11.5 Å². The van der Waals surface area contributed by atoms with Crippen LogP contribution >= 0.6 is 0 Å². The summed E-state index contributed by atoms with van der Waals surface area (Å²) in [5.41, 5.74) is 0.299. The molecule has 0 spiro atoms. The summed E-state index contributed by atoms with van der Waals surface area (Å²) >= 11 is 0. The van der Waals surface area contributed by atoms with Crippen molar-refractivity contribution in [2.45, 2.75) is 0 Å². The molecule has 1 amide bonds. The monoisotopic (exact) mass is 309 g/mol. The number of hydrogen-bond donors (Lipinski definition) is 0. The highest BCUT2D eigenvalue weighted by molar-refractivity contribution is 5.92. The van der Waals surface area contributed by atoms with E-state index in [1.54, 1.807) is 17.0 Å². The molecule has 1 saturated heterocycles. The van der Waals surface area contributed by atoms with Crippen molar-refractivity contribution in [2.75, 3.05) is 47.1 Å². The van der Waals surface area contributed by atoms with Gasteiger partial charge in [0, 0.05) is 13.1 Å². The number of hydrogen-bond acceptors (Lipinski definition) is 6. The van der Waals surface area contributed by atoms with Crippen LogP contribution in [0.2, 0.25) is 0 Å². The van der Waals surface area contributed by atoms with Crippen molar-refractivity contribution < 1.29 is 28.5 Å². The van der Waals surface area contributed by atoms with Gasteiger partial charge in [0.1, 0.15) is 0 Å². The third kappa shape index (κ3) is 3.88. The molecule has 0 saturated carbocycles. The Labute approximate surface area is 128 Å². The molecule has 1 fully saturated rings. The zero-order valence-electron chi connectivity index (χ0n) is 12.7. The van der Waals surface area contributed by atoms with Crippen molar-refractivity contribution >= 4 is 11.9 Å². The van der Waals surface area contributed by atoms with E-state index in [1.807, 2.05) is 0 Å². The summed E-state index contributed by atoms with van der Waals surface area (Å²) in [6.07, 6.45) is 0. The van der Waals surface area contributed by atoms with Crippen LogP contribution in [-0.4, -0.2) is 63.9 Å². The van der Waals surface area contributed by atoms with Crippen LogP contribution < -0.4 is 9.47 Å². The summed E-state index contributed by atoms with van der Waals surface area (Å²) in [7, 11) is 2.99. The van der Waals surface area contributed by atoms with Crippen LogP contribution in [0.4, 0.5) is 0 Å². The Kier molecular flexibility index (Phi) is 5.60. The van der Waals surface area contributed by atoms with Crippen LogP contribution in [0.1, 0.15) is 10.4 Å². The fraction of sp³-hybridized carbons (Fsp3) is 0.467. The van der Waals surface area contributed by atoms with Gasteiger partial charge in [-0.1, -0.05) is 0 Å². The highest BCUT2D eigenvalue weighted by Crippen LogP contribution is 2.27. The van der Waals surface area contributed by atoms with E-state index in [0.29, 0.717) is 43.4 Å². The molecule has 0 atom stereocenters. The SMILES string of the molecule is COc1ccc(C(=O)OCC(=O)N2CCOCC2)cc1OC. The second kappa shape index (κ2) is 7.65. The minimum atomic E-state index is -0.581. The largest absolute Gasteiger partial charge is 0.493 e. The quantitative estimate of drug-likeness (QED) is 0.746. The molecule has 0 N–H and O–H groups in total. The van der Waals surface area contributed by atoms with Crippen LogP contribution in [0.15, 0.2) is 18.2 Å². The Balaban J connectivity index is 1.93. The lowest BCUT2D eigenvalue weighted by atomic mass is 10.2. The zero-order valence-corrected chi connectivity index (χ0v) is 12.7. The normalized spacial score (nSPS) is 14.4. The lowest BCUT2D eigenvalue weighted by Gasteiger charge is -2.26. The van der Waals surface area contributed by atoms with Gasteiger partial charge in [0.05, 0.1) is 33.0 Å². The Morgan fingerprint density at radius 2 is 1.82 bits per heavy atom. The van der Waals surface area contributed by atoms with E-state index in [4.69, 9.17) is 18.9 Å². The van der Waals surface area contributed by atoms with Gasteiger partial charge in [0.2, 0.25) is 0 Å². The first-order chi connectivity index (χ1) is 10.7. The lowest BCUT2D eigenvalue weighted by molar-refractivity contribution is -0.138. The fourth-order valence-electron chi connectivity index (χ4n) is 2.08. The average molecular weight is 309 g/mol. The molecule has 2 rings (SSSR count). The van der Waals surface area contributed by atoms with Crippen molar-refractivity contribution in [1.82, 2.24) is 4.90 Å². The van der Waals surface area contributed by atoms with Gasteiger partial charge in [0.25, 0.3) is 5.91 Å². The smallest absolute Gasteiger partial charge is 0.338 e.